The van der Waals surface area contributed by atoms with Gasteiger partial charge < -0.3 is 5.73 Å². The van der Waals surface area contributed by atoms with E-state index in [0.717, 1.165) is 5.56 Å². The SMILES string of the molecule is CCc1nc2scc(-c3ccc(F)cc3)c2c(=O)n1C(CC)C(N)=O. The van der Waals surface area contributed by atoms with Crippen molar-refractivity contribution >= 4 is 27.5 Å². The van der Waals surface area contributed by atoms with Crippen molar-refractivity contribution in [2.24, 2.45) is 5.73 Å². The fraction of sp³-hybridized carbons (Fsp3) is 0.278. The van der Waals surface area contributed by atoms with Gasteiger partial charge in [-0.05, 0) is 24.1 Å². The van der Waals surface area contributed by atoms with Crippen molar-refractivity contribution in [3.63, 3.8) is 0 Å². The number of hydrogen-bond donors (Lipinski definition) is 1. The fourth-order valence-corrected chi connectivity index (χ4v) is 3.93. The number of halogens is 1. The number of amides is 1. The summed E-state index contributed by atoms with van der Waals surface area (Å²) in [4.78, 5) is 30.2. The highest BCUT2D eigenvalue weighted by Gasteiger charge is 2.23. The zero-order chi connectivity index (χ0) is 18.1. The number of nitrogens with zero attached hydrogens (tertiary/aromatic N) is 2. The normalized spacial score (nSPS) is 12.4. The van der Waals surface area contributed by atoms with E-state index in [0.29, 0.717) is 34.4 Å². The van der Waals surface area contributed by atoms with Gasteiger partial charge in [0.1, 0.15) is 22.5 Å². The lowest BCUT2D eigenvalue weighted by molar-refractivity contribution is -0.121. The molecule has 1 unspecified atom stereocenters. The zero-order valence-electron chi connectivity index (χ0n) is 14.0. The second kappa shape index (κ2) is 6.76. The smallest absolute Gasteiger partial charge is 0.263 e. The number of primary amides is 1. The summed E-state index contributed by atoms with van der Waals surface area (Å²) in [6.45, 7) is 3.69. The Kier molecular flexibility index (Phi) is 4.67. The van der Waals surface area contributed by atoms with Gasteiger partial charge in [0.15, 0.2) is 0 Å². The Morgan fingerprint density at radius 1 is 1.32 bits per heavy atom. The van der Waals surface area contributed by atoms with Crippen molar-refractivity contribution < 1.29 is 9.18 Å². The number of aromatic nitrogens is 2. The molecule has 0 spiro atoms. The van der Waals surface area contributed by atoms with E-state index in [4.69, 9.17) is 5.73 Å². The largest absolute Gasteiger partial charge is 0.368 e. The Morgan fingerprint density at radius 3 is 2.56 bits per heavy atom. The molecule has 2 heterocycles. The van der Waals surface area contributed by atoms with Crippen LogP contribution in [0.1, 0.15) is 32.1 Å². The van der Waals surface area contributed by atoms with Crippen molar-refractivity contribution in [3.05, 3.63) is 51.6 Å². The predicted molar refractivity (Wildman–Crippen MR) is 97.2 cm³/mol. The highest BCUT2D eigenvalue weighted by atomic mass is 32.1. The molecule has 2 aromatic heterocycles. The van der Waals surface area contributed by atoms with Crippen molar-refractivity contribution in [2.75, 3.05) is 0 Å². The quantitative estimate of drug-likeness (QED) is 0.759. The van der Waals surface area contributed by atoms with E-state index in [1.165, 1.54) is 28.0 Å². The van der Waals surface area contributed by atoms with Crippen LogP contribution in [-0.2, 0) is 11.2 Å². The highest BCUT2D eigenvalue weighted by molar-refractivity contribution is 7.17. The number of fused-ring (bicyclic) bond motifs is 1. The first-order valence-electron chi connectivity index (χ1n) is 8.05. The molecule has 25 heavy (non-hydrogen) atoms. The minimum Gasteiger partial charge on any atom is -0.368 e. The van der Waals surface area contributed by atoms with Crippen LogP contribution in [0.4, 0.5) is 4.39 Å². The van der Waals surface area contributed by atoms with E-state index in [1.54, 1.807) is 19.1 Å². The molecule has 0 bridgehead atoms. The molecule has 1 atom stereocenters. The molecule has 2 N–H and O–H groups in total. The maximum Gasteiger partial charge on any atom is 0.263 e. The Labute approximate surface area is 147 Å². The van der Waals surface area contributed by atoms with Gasteiger partial charge >= 0.3 is 0 Å². The third-order valence-corrected chi connectivity index (χ3v) is 5.08. The number of hydrogen-bond acceptors (Lipinski definition) is 4. The minimum absolute atomic E-state index is 0.284. The van der Waals surface area contributed by atoms with Crippen molar-refractivity contribution in [1.29, 1.82) is 0 Å². The topological polar surface area (TPSA) is 78.0 Å². The molecule has 0 aliphatic heterocycles. The number of benzene rings is 1. The van der Waals surface area contributed by atoms with Crippen LogP contribution in [0, 0.1) is 5.82 Å². The average molecular weight is 359 g/mol. The Bertz CT molecular complexity index is 992. The summed E-state index contributed by atoms with van der Waals surface area (Å²) in [7, 11) is 0. The minimum atomic E-state index is -0.736. The number of thiophene rings is 1. The summed E-state index contributed by atoms with van der Waals surface area (Å²) in [5.41, 5.74) is 6.63. The van der Waals surface area contributed by atoms with Crippen LogP contribution in [0.25, 0.3) is 21.3 Å². The van der Waals surface area contributed by atoms with Crippen molar-refractivity contribution in [1.82, 2.24) is 9.55 Å². The summed E-state index contributed by atoms with van der Waals surface area (Å²) >= 11 is 1.36. The number of nitrogens with two attached hydrogens (primary N) is 1. The molecule has 7 heteroatoms. The van der Waals surface area contributed by atoms with E-state index in [-0.39, 0.29) is 11.4 Å². The molecule has 5 nitrogen and oxygen atoms in total. The van der Waals surface area contributed by atoms with Gasteiger partial charge in [0.2, 0.25) is 5.91 Å². The van der Waals surface area contributed by atoms with Crippen LogP contribution in [0.2, 0.25) is 0 Å². The second-order valence-corrected chi connectivity index (χ2v) is 6.58. The first-order valence-corrected chi connectivity index (χ1v) is 8.93. The number of aryl methyl sites for hydroxylation is 1. The molecule has 130 valence electrons. The molecule has 1 amide bonds. The van der Waals surface area contributed by atoms with E-state index in [1.807, 2.05) is 12.3 Å². The average Bonchev–Trinajstić information content (AvgIpc) is 3.01. The zero-order valence-corrected chi connectivity index (χ0v) is 14.8. The first-order chi connectivity index (χ1) is 12.0. The maximum atomic E-state index is 13.2. The third kappa shape index (κ3) is 2.95. The lowest BCUT2D eigenvalue weighted by Crippen LogP contribution is -2.36. The molecular formula is C18H18FN3O2S. The van der Waals surface area contributed by atoms with Gasteiger partial charge in [0, 0.05) is 17.4 Å². The predicted octanol–water partition coefficient (Wildman–Crippen LogP) is 3.26. The van der Waals surface area contributed by atoms with E-state index in [9.17, 15) is 14.0 Å². The van der Waals surface area contributed by atoms with E-state index >= 15 is 0 Å². The van der Waals surface area contributed by atoms with Crippen LogP contribution in [0.3, 0.4) is 0 Å². The van der Waals surface area contributed by atoms with Gasteiger partial charge in [-0.1, -0.05) is 26.0 Å². The lowest BCUT2D eigenvalue weighted by atomic mass is 10.1. The Morgan fingerprint density at radius 2 is 2.00 bits per heavy atom. The molecule has 1 aromatic carbocycles. The highest BCUT2D eigenvalue weighted by Crippen LogP contribution is 2.31. The fourth-order valence-electron chi connectivity index (χ4n) is 2.97. The summed E-state index contributed by atoms with van der Waals surface area (Å²) in [5, 5.41) is 2.27. The third-order valence-electron chi connectivity index (χ3n) is 4.21. The lowest BCUT2D eigenvalue weighted by Gasteiger charge is -2.18. The maximum absolute atomic E-state index is 13.2. The molecule has 3 rings (SSSR count). The molecule has 0 saturated heterocycles. The molecule has 0 fully saturated rings. The summed E-state index contributed by atoms with van der Waals surface area (Å²) in [6.07, 6.45) is 0.921. The van der Waals surface area contributed by atoms with Crippen LogP contribution in [0.15, 0.2) is 34.4 Å². The van der Waals surface area contributed by atoms with E-state index < -0.39 is 11.9 Å². The van der Waals surface area contributed by atoms with Gasteiger partial charge in [-0.15, -0.1) is 11.3 Å². The molecule has 0 saturated carbocycles. The van der Waals surface area contributed by atoms with Gasteiger partial charge in [-0.3, -0.25) is 14.2 Å². The molecule has 0 aliphatic carbocycles. The van der Waals surface area contributed by atoms with Crippen LogP contribution >= 0.6 is 11.3 Å². The monoisotopic (exact) mass is 359 g/mol. The van der Waals surface area contributed by atoms with Crippen molar-refractivity contribution in [3.8, 4) is 11.1 Å². The number of carbonyl (C=O) groups excluding carboxylic acids is 1. The standard InChI is InChI=1S/C18H18FN3O2S/c1-3-13(16(20)23)22-14(4-2)21-17-15(18(22)24)12(9-25-17)10-5-7-11(19)8-6-10/h5-9,13H,3-4H2,1-2H3,(H2,20,23). The van der Waals surface area contributed by atoms with Crippen LogP contribution in [0.5, 0.6) is 0 Å². The van der Waals surface area contributed by atoms with Gasteiger partial charge in [-0.2, -0.15) is 0 Å². The second-order valence-electron chi connectivity index (χ2n) is 5.72. The first kappa shape index (κ1) is 17.3. The Balaban J connectivity index is 2.32. The molecule has 3 aromatic rings. The van der Waals surface area contributed by atoms with Gasteiger partial charge in [0.25, 0.3) is 5.56 Å². The summed E-state index contributed by atoms with van der Waals surface area (Å²) < 4.78 is 14.6. The number of rotatable bonds is 5. The summed E-state index contributed by atoms with van der Waals surface area (Å²) in [5.74, 6) is -0.360. The number of carbonyl (C=O) groups is 1. The van der Waals surface area contributed by atoms with Crippen LogP contribution in [-0.4, -0.2) is 15.5 Å². The molecular weight excluding hydrogens is 341 g/mol. The Hall–Kier alpha value is -2.54. The summed E-state index contributed by atoms with van der Waals surface area (Å²) in [6, 6.07) is 5.21. The van der Waals surface area contributed by atoms with Gasteiger partial charge in [0.05, 0.1) is 5.39 Å². The molecule has 0 radical (unpaired) electrons. The van der Waals surface area contributed by atoms with Crippen molar-refractivity contribution in [2.45, 2.75) is 32.7 Å². The van der Waals surface area contributed by atoms with Crippen LogP contribution < -0.4 is 11.3 Å². The van der Waals surface area contributed by atoms with E-state index in [2.05, 4.69) is 4.98 Å². The van der Waals surface area contributed by atoms with Gasteiger partial charge in [-0.25, -0.2) is 9.37 Å². The molecule has 0 aliphatic rings.